The number of anilines is 1. The maximum atomic E-state index is 12.4. The van der Waals surface area contributed by atoms with Crippen molar-refractivity contribution in [1.29, 1.82) is 0 Å². The predicted molar refractivity (Wildman–Crippen MR) is 85.4 cm³/mol. The van der Waals surface area contributed by atoms with E-state index in [2.05, 4.69) is 10.3 Å². The van der Waals surface area contributed by atoms with E-state index in [0.717, 1.165) is 16.7 Å². The summed E-state index contributed by atoms with van der Waals surface area (Å²) < 4.78 is 15.7. The predicted octanol–water partition coefficient (Wildman–Crippen LogP) is 3.16. The van der Waals surface area contributed by atoms with Crippen LogP contribution in [0.3, 0.4) is 0 Å². The number of methoxy groups -OCH3 is 1. The van der Waals surface area contributed by atoms with Crippen LogP contribution in [-0.2, 0) is 0 Å². The molecule has 0 atom stereocenters. The van der Waals surface area contributed by atoms with Gasteiger partial charge in [0.2, 0.25) is 6.79 Å². The Morgan fingerprint density at radius 2 is 2.00 bits per heavy atom. The Bertz CT molecular complexity index is 901. The highest BCUT2D eigenvalue weighted by Crippen LogP contribution is 2.34. The number of benzene rings is 2. The third-order valence-electron chi connectivity index (χ3n) is 3.70. The van der Waals surface area contributed by atoms with Gasteiger partial charge in [-0.2, -0.15) is 0 Å². The van der Waals surface area contributed by atoms with Gasteiger partial charge >= 0.3 is 0 Å². The summed E-state index contributed by atoms with van der Waals surface area (Å²) in [6, 6.07) is 12.7. The third kappa shape index (κ3) is 2.44. The minimum Gasteiger partial charge on any atom is -0.497 e. The number of fused-ring (bicyclic) bond motifs is 2. The fourth-order valence-electron chi connectivity index (χ4n) is 2.53. The summed E-state index contributed by atoms with van der Waals surface area (Å²) in [6.07, 6.45) is 0. The average Bonchev–Trinajstić information content (AvgIpc) is 3.19. The number of aromatic amines is 1. The average molecular weight is 310 g/mol. The molecule has 4 rings (SSSR count). The maximum Gasteiger partial charge on any atom is 0.272 e. The van der Waals surface area contributed by atoms with Crippen LogP contribution in [0, 0.1) is 0 Å². The molecule has 116 valence electrons. The van der Waals surface area contributed by atoms with E-state index in [0.29, 0.717) is 22.9 Å². The molecule has 3 aromatic rings. The Hall–Kier alpha value is -3.15. The molecule has 1 amide bonds. The van der Waals surface area contributed by atoms with Crippen LogP contribution < -0.4 is 19.5 Å². The molecular formula is C17H14N2O4. The van der Waals surface area contributed by atoms with Crippen LogP contribution >= 0.6 is 0 Å². The molecule has 1 aromatic heterocycles. The number of carbonyl (C=O) groups is 1. The van der Waals surface area contributed by atoms with E-state index in [-0.39, 0.29) is 12.7 Å². The normalized spacial score (nSPS) is 12.4. The Kier molecular flexibility index (Phi) is 3.08. The third-order valence-corrected chi connectivity index (χ3v) is 3.70. The van der Waals surface area contributed by atoms with Gasteiger partial charge in [-0.3, -0.25) is 4.79 Å². The number of rotatable bonds is 3. The van der Waals surface area contributed by atoms with Gasteiger partial charge in [0.25, 0.3) is 5.91 Å². The number of nitrogens with one attached hydrogen (secondary N) is 2. The van der Waals surface area contributed by atoms with Gasteiger partial charge in [0.15, 0.2) is 11.5 Å². The van der Waals surface area contributed by atoms with Crippen LogP contribution in [0.15, 0.2) is 42.5 Å². The summed E-state index contributed by atoms with van der Waals surface area (Å²) in [7, 11) is 1.61. The van der Waals surface area contributed by atoms with E-state index in [4.69, 9.17) is 14.2 Å². The Morgan fingerprint density at radius 3 is 2.87 bits per heavy atom. The molecule has 0 fully saturated rings. The molecule has 23 heavy (non-hydrogen) atoms. The topological polar surface area (TPSA) is 72.6 Å². The molecule has 1 aliphatic heterocycles. The van der Waals surface area contributed by atoms with E-state index < -0.39 is 0 Å². The molecule has 2 heterocycles. The zero-order valence-electron chi connectivity index (χ0n) is 12.4. The molecule has 0 saturated carbocycles. The van der Waals surface area contributed by atoms with Crippen molar-refractivity contribution in [3.8, 4) is 17.2 Å². The zero-order chi connectivity index (χ0) is 15.8. The van der Waals surface area contributed by atoms with E-state index in [1.165, 1.54) is 0 Å². The highest BCUT2D eigenvalue weighted by Gasteiger charge is 2.15. The lowest BCUT2D eigenvalue weighted by molar-refractivity contribution is 0.102. The van der Waals surface area contributed by atoms with Gasteiger partial charge in [-0.1, -0.05) is 0 Å². The number of amides is 1. The fraction of sp³-hybridized carbons (Fsp3) is 0.118. The quantitative estimate of drug-likeness (QED) is 0.779. The van der Waals surface area contributed by atoms with E-state index in [9.17, 15) is 4.79 Å². The Labute approximate surface area is 132 Å². The minimum absolute atomic E-state index is 0.205. The minimum atomic E-state index is -0.223. The van der Waals surface area contributed by atoms with Gasteiger partial charge in [-0.25, -0.2) is 0 Å². The lowest BCUT2D eigenvalue weighted by Gasteiger charge is -2.04. The van der Waals surface area contributed by atoms with E-state index in [1.807, 2.05) is 18.2 Å². The van der Waals surface area contributed by atoms with Crippen molar-refractivity contribution in [3.05, 3.63) is 48.2 Å². The second kappa shape index (κ2) is 5.24. The first-order chi connectivity index (χ1) is 11.2. The van der Waals surface area contributed by atoms with Gasteiger partial charge in [-0.15, -0.1) is 0 Å². The molecule has 6 nitrogen and oxygen atoms in total. The van der Waals surface area contributed by atoms with E-state index >= 15 is 0 Å². The molecule has 0 unspecified atom stereocenters. The first-order valence-corrected chi connectivity index (χ1v) is 7.11. The van der Waals surface area contributed by atoms with Crippen molar-refractivity contribution in [1.82, 2.24) is 4.98 Å². The van der Waals surface area contributed by atoms with Crippen molar-refractivity contribution in [2.24, 2.45) is 0 Å². The van der Waals surface area contributed by atoms with Crippen molar-refractivity contribution in [2.75, 3.05) is 19.2 Å². The summed E-state index contributed by atoms with van der Waals surface area (Å²) in [6.45, 7) is 0.205. The van der Waals surface area contributed by atoms with Crippen molar-refractivity contribution < 1.29 is 19.0 Å². The molecule has 2 aromatic carbocycles. The summed E-state index contributed by atoms with van der Waals surface area (Å²) in [5.41, 5.74) is 1.97. The lowest BCUT2D eigenvalue weighted by atomic mass is 10.2. The number of carbonyl (C=O) groups excluding carboxylic acids is 1. The van der Waals surface area contributed by atoms with Gasteiger partial charge in [0, 0.05) is 28.7 Å². The molecule has 0 saturated heterocycles. The Balaban J connectivity index is 1.59. The fourth-order valence-corrected chi connectivity index (χ4v) is 2.53. The van der Waals surface area contributed by atoms with Crippen molar-refractivity contribution in [3.63, 3.8) is 0 Å². The summed E-state index contributed by atoms with van der Waals surface area (Å²) in [5.74, 6) is 1.83. The van der Waals surface area contributed by atoms with Crippen LogP contribution in [0.4, 0.5) is 5.69 Å². The first-order valence-electron chi connectivity index (χ1n) is 7.11. The monoisotopic (exact) mass is 310 g/mol. The molecular weight excluding hydrogens is 296 g/mol. The van der Waals surface area contributed by atoms with Crippen LogP contribution in [-0.4, -0.2) is 24.8 Å². The van der Waals surface area contributed by atoms with Gasteiger partial charge in [0.05, 0.1) is 7.11 Å². The summed E-state index contributed by atoms with van der Waals surface area (Å²) in [5, 5.41) is 3.79. The SMILES string of the molecule is COc1ccc2cc(C(=O)Nc3ccc4c(c3)OCO4)[nH]c2c1. The first kappa shape index (κ1) is 13.5. The lowest BCUT2D eigenvalue weighted by Crippen LogP contribution is -2.12. The van der Waals surface area contributed by atoms with E-state index in [1.54, 1.807) is 31.4 Å². The van der Waals surface area contributed by atoms with Crippen LogP contribution in [0.1, 0.15) is 10.5 Å². The number of aromatic nitrogens is 1. The molecule has 1 aliphatic rings. The molecule has 0 bridgehead atoms. The van der Waals surface area contributed by atoms with Gasteiger partial charge in [0.1, 0.15) is 11.4 Å². The molecule has 2 N–H and O–H groups in total. The van der Waals surface area contributed by atoms with Crippen molar-refractivity contribution >= 4 is 22.5 Å². The molecule has 6 heteroatoms. The van der Waals surface area contributed by atoms with Crippen LogP contribution in [0.2, 0.25) is 0 Å². The number of hydrogen-bond donors (Lipinski definition) is 2. The highest BCUT2D eigenvalue weighted by atomic mass is 16.7. The van der Waals surface area contributed by atoms with Crippen LogP contribution in [0.5, 0.6) is 17.2 Å². The second-order valence-electron chi connectivity index (χ2n) is 5.16. The number of H-pyrrole nitrogens is 1. The molecule has 0 radical (unpaired) electrons. The van der Waals surface area contributed by atoms with Gasteiger partial charge in [-0.05, 0) is 30.3 Å². The highest BCUT2D eigenvalue weighted by molar-refractivity contribution is 6.06. The Morgan fingerprint density at radius 1 is 1.13 bits per heavy atom. The molecule has 0 aliphatic carbocycles. The molecule has 0 spiro atoms. The zero-order valence-corrected chi connectivity index (χ0v) is 12.4. The smallest absolute Gasteiger partial charge is 0.272 e. The standard InChI is InChI=1S/C17H14N2O4/c1-21-12-4-2-10-6-14(19-13(10)8-12)17(20)18-11-3-5-15-16(7-11)23-9-22-15/h2-8,19H,9H2,1H3,(H,18,20). The van der Waals surface area contributed by atoms with Crippen LogP contribution in [0.25, 0.3) is 10.9 Å². The van der Waals surface area contributed by atoms with Crippen molar-refractivity contribution in [2.45, 2.75) is 0 Å². The number of hydrogen-bond acceptors (Lipinski definition) is 4. The summed E-state index contributed by atoms with van der Waals surface area (Å²) >= 11 is 0. The summed E-state index contributed by atoms with van der Waals surface area (Å²) in [4.78, 5) is 15.5. The maximum absolute atomic E-state index is 12.4. The second-order valence-corrected chi connectivity index (χ2v) is 5.16. The number of ether oxygens (including phenoxy) is 3. The van der Waals surface area contributed by atoms with Gasteiger partial charge < -0.3 is 24.5 Å². The largest absolute Gasteiger partial charge is 0.497 e.